The van der Waals surface area contributed by atoms with E-state index in [1.807, 2.05) is 0 Å². The number of likely N-dealkylation sites (N-methyl/N-ethyl adjacent to an activating group) is 1. The molecule has 2 amide bonds. The number of carbonyl (C=O) groups excluding carboxylic acids is 2. The van der Waals surface area contributed by atoms with Crippen molar-refractivity contribution >= 4 is 11.8 Å². The summed E-state index contributed by atoms with van der Waals surface area (Å²) in [5.41, 5.74) is -1.38. The Kier molecular flexibility index (Phi) is 5.08. The van der Waals surface area contributed by atoms with Crippen molar-refractivity contribution in [2.45, 2.75) is 12.5 Å². The highest BCUT2D eigenvalue weighted by Crippen LogP contribution is 2.04. The number of furan rings is 1. The second-order valence-corrected chi connectivity index (χ2v) is 4.57. The summed E-state index contributed by atoms with van der Waals surface area (Å²) < 4.78 is 4.93. The van der Waals surface area contributed by atoms with Crippen molar-refractivity contribution in [2.75, 3.05) is 26.7 Å². The van der Waals surface area contributed by atoms with Crippen molar-refractivity contribution in [1.82, 2.24) is 10.2 Å². The van der Waals surface area contributed by atoms with Gasteiger partial charge >= 0.3 is 0 Å². The predicted molar refractivity (Wildman–Crippen MR) is 66.4 cm³/mol. The lowest BCUT2D eigenvalue weighted by atomic mass is 10.1. The van der Waals surface area contributed by atoms with E-state index in [1.165, 1.54) is 31.2 Å². The normalized spacial score (nSPS) is 13.7. The molecule has 1 aromatic heterocycles. The van der Waals surface area contributed by atoms with Gasteiger partial charge in [0.15, 0.2) is 5.76 Å². The maximum absolute atomic E-state index is 11.8. The number of rotatable bonds is 6. The highest BCUT2D eigenvalue weighted by atomic mass is 16.3. The van der Waals surface area contributed by atoms with Gasteiger partial charge in [0.2, 0.25) is 5.91 Å². The van der Waals surface area contributed by atoms with Crippen LogP contribution in [-0.4, -0.2) is 59.3 Å². The largest absolute Gasteiger partial charge is 0.459 e. The SMILES string of the molecule is CN(CC(=O)NCC(C)(O)CO)C(=O)c1ccco1. The molecule has 7 heteroatoms. The Labute approximate surface area is 110 Å². The van der Waals surface area contributed by atoms with Crippen molar-refractivity contribution < 1.29 is 24.2 Å². The Bertz CT molecular complexity index is 427. The third kappa shape index (κ3) is 4.72. The Morgan fingerprint density at radius 1 is 1.53 bits per heavy atom. The first-order valence-corrected chi connectivity index (χ1v) is 5.74. The molecule has 7 nitrogen and oxygen atoms in total. The number of carbonyl (C=O) groups is 2. The molecule has 0 aliphatic carbocycles. The Morgan fingerprint density at radius 3 is 2.74 bits per heavy atom. The van der Waals surface area contributed by atoms with Gasteiger partial charge in [-0.15, -0.1) is 0 Å². The molecule has 1 atom stereocenters. The van der Waals surface area contributed by atoms with E-state index in [0.29, 0.717) is 0 Å². The van der Waals surface area contributed by atoms with Crippen LogP contribution in [0.25, 0.3) is 0 Å². The van der Waals surface area contributed by atoms with Crippen LogP contribution in [0, 0.1) is 0 Å². The minimum Gasteiger partial charge on any atom is -0.459 e. The van der Waals surface area contributed by atoms with Gasteiger partial charge in [0.05, 0.1) is 19.4 Å². The molecular formula is C12H18N2O5. The minimum atomic E-state index is -1.38. The molecule has 1 rings (SSSR count). The summed E-state index contributed by atoms with van der Waals surface area (Å²) in [4.78, 5) is 24.5. The van der Waals surface area contributed by atoms with E-state index in [1.54, 1.807) is 6.07 Å². The summed E-state index contributed by atoms with van der Waals surface area (Å²) >= 11 is 0. The summed E-state index contributed by atoms with van der Waals surface area (Å²) in [5, 5.41) is 20.8. The molecule has 0 bridgehead atoms. The van der Waals surface area contributed by atoms with Gasteiger partial charge in [-0.2, -0.15) is 0 Å². The molecule has 19 heavy (non-hydrogen) atoms. The Balaban J connectivity index is 2.42. The van der Waals surface area contributed by atoms with Crippen LogP contribution in [0.5, 0.6) is 0 Å². The third-order valence-electron chi connectivity index (χ3n) is 2.47. The maximum Gasteiger partial charge on any atom is 0.289 e. The number of aliphatic hydroxyl groups is 2. The summed E-state index contributed by atoms with van der Waals surface area (Å²) in [6.45, 7) is 0.672. The number of nitrogens with zero attached hydrogens (tertiary/aromatic N) is 1. The minimum absolute atomic E-state index is 0.0921. The number of nitrogens with one attached hydrogen (secondary N) is 1. The lowest BCUT2D eigenvalue weighted by Crippen LogP contribution is -2.46. The maximum atomic E-state index is 11.8. The van der Waals surface area contributed by atoms with Gasteiger partial charge in [0.1, 0.15) is 5.60 Å². The number of amides is 2. The molecule has 0 saturated carbocycles. The molecule has 0 radical (unpaired) electrons. The van der Waals surface area contributed by atoms with Crippen molar-refractivity contribution in [3.63, 3.8) is 0 Å². The fourth-order valence-corrected chi connectivity index (χ4v) is 1.28. The van der Waals surface area contributed by atoms with Crippen LogP contribution in [0.4, 0.5) is 0 Å². The molecule has 0 aliphatic rings. The zero-order valence-electron chi connectivity index (χ0n) is 10.9. The van der Waals surface area contributed by atoms with E-state index < -0.39 is 24.0 Å². The second-order valence-electron chi connectivity index (χ2n) is 4.57. The van der Waals surface area contributed by atoms with Crippen LogP contribution < -0.4 is 5.32 Å². The van der Waals surface area contributed by atoms with Crippen LogP contribution in [0.15, 0.2) is 22.8 Å². The van der Waals surface area contributed by atoms with Crippen molar-refractivity contribution in [3.05, 3.63) is 24.2 Å². The van der Waals surface area contributed by atoms with E-state index in [-0.39, 0.29) is 18.8 Å². The molecule has 0 spiro atoms. The monoisotopic (exact) mass is 270 g/mol. The van der Waals surface area contributed by atoms with Crippen LogP contribution in [0.3, 0.4) is 0 Å². The van der Waals surface area contributed by atoms with Crippen molar-refractivity contribution in [3.8, 4) is 0 Å². The molecule has 3 N–H and O–H groups in total. The highest BCUT2D eigenvalue weighted by Gasteiger charge is 2.21. The fourth-order valence-electron chi connectivity index (χ4n) is 1.28. The first-order chi connectivity index (χ1) is 8.85. The quantitative estimate of drug-likeness (QED) is 0.628. The number of hydrogen-bond donors (Lipinski definition) is 3. The van der Waals surface area contributed by atoms with Gasteiger partial charge < -0.3 is 24.8 Å². The highest BCUT2D eigenvalue weighted by molar-refractivity contribution is 5.94. The van der Waals surface area contributed by atoms with E-state index in [0.717, 1.165) is 0 Å². The average Bonchev–Trinajstić information content (AvgIpc) is 2.89. The average molecular weight is 270 g/mol. The van der Waals surface area contributed by atoms with Gasteiger partial charge in [-0.1, -0.05) is 0 Å². The van der Waals surface area contributed by atoms with E-state index in [4.69, 9.17) is 9.52 Å². The van der Waals surface area contributed by atoms with Crippen molar-refractivity contribution in [1.29, 1.82) is 0 Å². The molecule has 1 unspecified atom stereocenters. The van der Waals surface area contributed by atoms with Gasteiger partial charge in [-0.3, -0.25) is 9.59 Å². The molecule has 0 aliphatic heterocycles. The summed E-state index contributed by atoms with van der Waals surface area (Å²) in [7, 11) is 1.47. The van der Waals surface area contributed by atoms with Crippen LogP contribution in [0.1, 0.15) is 17.5 Å². The first-order valence-electron chi connectivity index (χ1n) is 5.74. The van der Waals surface area contributed by atoms with Crippen LogP contribution in [-0.2, 0) is 4.79 Å². The van der Waals surface area contributed by atoms with Crippen LogP contribution in [0.2, 0.25) is 0 Å². The fraction of sp³-hybridized carbons (Fsp3) is 0.500. The number of hydrogen-bond acceptors (Lipinski definition) is 5. The summed E-state index contributed by atoms with van der Waals surface area (Å²) in [6.07, 6.45) is 1.37. The molecular weight excluding hydrogens is 252 g/mol. The van der Waals surface area contributed by atoms with Crippen LogP contribution >= 0.6 is 0 Å². The van der Waals surface area contributed by atoms with E-state index >= 15 is 0 Å². The molecule has 0 fully saturated rings. The molecule has 1 aromatic rings. The first kappa shape index (κ1) is 15.2. The topological polar surface area (TPSA) is 103 Å². The Hall–Kier alpha value is -1.86. The van der Waals surface area contributed by atoms with Gasteiger partial charge in [-0.05, 0) is 19.1 Å². The number of aliphatic hydroxyl groups excluding tert-OH is 1. The summed E-state index contributed by atoms with van der Waals surface area (Å²) in [6, 6.07) is 3.09. The standard InChI is InChI=1S/C12H18N2O5/c1-12(18,8-15)7-13-10(16)6-14(2)11(17)9-4-3-5-19-9/h3-5,15,18H,6-8H2,1-2H3,(H,13,16). The second kappa shape index (κ2) is 6.35. The predicted octanol–water partition coefficient (Wildman–Crippen LogP) is -0.789. The molecule has 0 saturated heterocycles. The lowest BCUT2D eigenvalue weighted by Gasteiger charge is -2.22. The van der Waals surface area contributed by atoms with Gasteiger partial charge in [0, 0.05) is 13.6 Å². The third-order valence-corrected chi connectivity index (χ3v) is 2.47. The van der Waals surface area contributed by atoms with Gasteiger partial charge in [-0.25, -0.2) is 0 Å². The van der Waals surface area contributed by atoms with Crippen molar-refractivity contribution in [2.24, 2.45) is 0 Å². The van der Waals surface area contributed by atoms with E-state index in [2.05, 4.69) is 5.32 Å². The Morgan fingerprint density at radius 2 is 2.21 bits per heavy atom. The summed E-state index contributed by atoms with van der Waals surface area (Å²) in [5.74, 6) is -0.692. The molecule has 1 heterocycles. The smallest absolute Gasteiger partial charge is 0.289 e. The zero-order chi connectivity index (χ0) is 14.5. The lowest BCUT2D eigenvalue weighted by molar-refractivity contribution is -0.123. The van der Waals surface area contributed by atoms with Gasteiger partial charge in [0.25, 0.3) is 5.91 Å². The molecule has 106 valence electrons. The zero-order valence-corrected chi connectivity index (χ0v) is 10.9. The van der Waals surface area contributed by atoms with E-state index in [9.17, 15) is 14.7 Å². The molecule has 0 aromatic carbocycles.